The number of carbonyl (C=O) groups is 1. The molecule has 0 bridgehead atoms. The number of nitrogens with zero attached hydrogens (tertiary/aromatic N) is 6. The predicted molar refractivity (Wildman–Crippen MR) is 180 cm³/mol. The molecule has 3 aromatic heterocycles. The van der Waals surface area contributed by atoms with Gasteiger partial charge in [0.05, 0.1) is 27.5 Å². The van der Waals surface area contributed by atoms with E-state index in [4.69, 9.17) is 32.3 Å². The summed E-state index contributed by atoms with van der Waals surface area (Å²) in [6.07, 6.45) is 3.89. The number of carbonyl (C=O) groups excluding carboxylic acids is 1. The second-order valence-corrected chi connectivity index (χ2v) is 11.7. The molecular weight excluding hydrogens is 588 g/mol. The molecule has 12 heteroatoms. The van der Waals surface area contributed by atoms with Gasteiger partial charge in [-0.05, 0) is 54.1 Å². The number of fused-ring (bicyclic) bond motifs is 1. The van der Waals surface area contributed by atoms with Gasteiger partial charge in [-0.25, -0.2) is 18.7 Å². The normalized spacial score (nSPS) is 15.6. The molecule has 1 amide bonds. The first-order chi connectivity index (χ1) is 21.5. The van der Waals surface area contributed by atoms with Crippen LogP contribution in [0.1, 0.15) is 50.4 Å². The van der Waals surface area contributed by atoms with Gasteiger partial charge in [0.15, 0.2) is 5.65 Å². The zero-order valence-electron chi connectivity index (χ0n) is 25.7. The zero-order chi connectivity index (χ0) is 32.6. The molecule has 1 aliphatic rings. The standard InChI is InChI=1S/C33H32B2ClFN6O2/c1-6-20-9-8-10-25(37)26(20)28-24(36)15-22-30(42-14-13-41(17-19(42)5)32(44)23(35)16-34)40-33(45)43(31(22)39-28)29-21(7-2)11-12-38-27(29)18(3)4/h6,8-12,15-16,18-19H,1,7,13-14,17H2,2-5H3/b23-16-/t19-/m0/s1. The number of benzene rings is 1. The lowest BCUT2D eigenvalue weighted by Gasteiger charge is -2.41. The molecule has 0 N–H and O–H groups in total. The highest BCUT2D eigenvalue weighted by molar-refractivity contribution is 6.40. The quantitative estimate of drug-likeness (QED) is 0.209. The van der Waals surface area contributed by atoms with Crippen LogP contribution in [0.2, 0.25) is 5.02 Å². The summed E-state index contributed by atoms with van der Waals surface area (Å²) in [6.45, 7) is 12.8. The van der Waals surface area contributed by atoms with Gasteiger partial charge in [0.2, 0.25) is 5.91 Å². The van der Waals surface area contributed by atoms with Crippen molar-refractivity contribution in [2.75, 3.05) is 24.5 Å². The van der Waals surface area contributed by atoms with E-state index in [1.54, 1.807) is 29.3 Å². The molecule has 45 heavy (non-hydrogen) atoms. The number of anilines is 1. The van der Waals surface area contributed by atoms with Crippen LogP contribution in [0, 0.1) is 5.82 Å². The number of amides is 1. The minimum atomic E-state index is -0.568. The van der Waals surface area contributed by atoms with Gasteiger partial charge in [-0.2, -0.15) is 4.98 Å². The molecule has 0 aliphatic carbocycles. The molecule has 1 saturated heterocycles. The predicted octanol–water partition coefficient (Wildman–Crippen LogP) is 5.18. The Balaban J connectivity index is 1.82. The first kappa shape index (κ1) is 32.2. The van der Waals surface area contributed by atoms with Crippen LogP contribution >= 0.6 is 11.6 Å². The molecule has 4 radical (unpaired) electrons. The number of halogens is 2. The van der Waals surface area contributed by atoms with E-state index in [0.717, 1.165) is 11.5 Å². The molecule has 0 saturated carbocycles. The van der Waals surface area contributed by atoms with Gasteiger partial charge in [-0.15, -0.1) is 5.98 Å². The maximum atomic E-state index is 15.4. The minimum absolute atomic E-state index is 0.0283. The highest BCUT2D eigenvalue weighted by atomic mass is 35.5. The van der Waals surface area contributed by atoms with Gasteiger partial charge in [0, 0.05) is 37.4 Å². The number of pyridine rings is 2. The summed E-state index contributed by atoms with van der Waals surface area (Å²) in [5.41, 5.74) is 2.68. The van der Waals surface area contributed by atoms with Crippen molar-refractivity contribution in [3.8, 4) is 16.9 Å². The minimum Gasteiger partial charge on any atom is -0.350 e. The third kappa shape index (κ3) is 5.81. The molecule has 1 aliphatic heterocycles. The van der Waals surface area contributed by atoms with Crippen molar-refractivity contribution >= 4 is 56.1 Å². The van der Waals surface area contributed by atoms with Gasteiger partial charge in [0.1, 0.15) is 27.3 Å². The lowest BCUT2D eigenvalue weighted by molar-refractivity contribution is -0.127. The summed E-state index contributed by atoms with van der Waals surface area (Å²) in [6, 6.07) is 7.93. The Morgan fingerprint density at radius 3 is 2.64 bits per heavy atom. The summed E-state index contributed by atoms with van der Waals surface area (Å²) in [7, 11) is 11.3. The van der Waals surface area contributed by atoms with Gasteiger partial charge in [-0.3, -0.25) is 9.78 Å². The second-order valence-electron chi connectivity index (χ2n) is 11.3. The molecule has 1 atom stereocenters. The van der Waals surface area contributed by atoms with Crippen molar-refractivity contribution in [2.45, 2.75) is 46.1 Å². The van der Waals surface area contributed by atoms with Crippen LogP contribution in [-0.4, -0.2) is 71.7 Å². The Morgan fingerprint density at radius 1 is 1.24 bits per heavy atom. The summed E-state index contributed by atoms with van der Waals surface area (Å²) < 4.78 is 16.9. The molecule has 1 aromatic carbocycles. The highest BCUT2D eigenvalue weighted by Gasteiger charge is 2.31. The fourth-order valence-corrected chi connectivity index (χ4v) is 6.10. The zero-order valence-corrected chi connectivity index (χ0v) is 26.5. The largest absolute Gasteiger partial charge is 0.355 e. The maximum absolute atomic E-state index is 15.4. The lowest BCUT2D eigenvalue weighted by atomic mass is 9.88. The summed E-state index contributed by atoms with van der Waals surface area (Å²) in [5, 5.41) is 0.672. The number of hydrogen-bond donors (Lipinski definition) is 0. The topological polar surface area (TPSA) is 84.2 Å². The van der Waals surface area contributed by atoms with E-state index in [2.05, 4.69) is 16.5 Å². The number of hydrogen-bond acceptors (Lipinski definition) is 6. The maximum Gasteiger partial charge on any atom is 0.355 e. The van der Waals surface area contributed by atoms with Gasteiger partial charge >= 0.3 is 5.69 Å². The summed E-state index contributed by atoms with van der Waals surface area (Å²) >= 11 is 6.89. The van der Waals surface area contributed by atoms with E-state index < -0.39 is 11.5 Å². The van der Waals surface area contributed by atoms with E-state index >= 15 is 4.39 Å². The van der Waals surface area contributed by atoms with Crippen molar-refractivity contribution < 1.29 is 9.18 Å². The van der Waals surface area contributed by atoms with E-state index in [1.165, 1.54) is 16.7 Å². The molecule has 4 heterocycles. The lowest BCUT2D eigenvalue weighted by Crippen LogP contribution is -2.54. The van der Waals surface area contributed by atoms with Crippen molar-refractivity contribution in [3.05, 3.63) is 92.7 Å². The van der Waals surface area contributed by atoms with E-state index in [1.807, 2.05) is 38.7 Å². The van der Waals surface area contributed by atoms with E-state index in [-0.39, 0.29) is 45.3 Å². The van der Waals surface area contributed by atoms with Crippen molar-refractivity contribution in [3.63, 3.8) is 0 Å². The van der Waals surface area contributed by atoms with Crippen LogP contribution in [0.3, 0.4) is 0 Å². The Kier molecular flexibility index (Phi) is 9.30. The average Bonchev–Trinajstić information content (AvgIpc) is 3.03. The molecule has 1 fully saturated rings. The Hall–Kier alpha value is -4.24. The molecule has 226 valence electrons. The Bertz CT molecular complexity index is 1910. The van der Waals surface area contributed by atoms with Crippen LogP contribution in [0.4, 0.5) is 10.2 Å². The number of aryl methyl sites for hydroxylation is 1. The first-order valence-electron chi connectivity index (χ1n) is 14.8. The Morgan fingerprint density at radius 2 is 2.00 bits per heavy atom. The van der Waals surface area contributed by atoms with Crippen LogP contribution in [0.5, 0.6) is 0 Å². The second kappa shape index (κ2) is 13.0. The highest BCUT2D eigenvalue weighted by Crippen LogP contribution is 2.38. The number of rotatable bonds is 7. The van der Waals surface area contributed by atoms with Gasteiger partial charge < -0.3 is 9.80 Å². The SMILES string of the molecule is [B]/C=C(\[B])C(=O)N1CCN(c2nc(=O)n(-c3c(CC)ccnc3C(C)C)c3nc(-c4c(F)cccc4C=C)c(Cl)cc23)[C@@H](C)C1. The third-order valence-corrected chi connectivity index (χ3v) is 8.39. The van der Waals surface area contributed by atoms with Crippen LogP contribution < -0.4 is 10.6 Å². The fourth-order valence-electron chi connectivity index (χ4n) is 5.85. The molecule has 5 rings (SSSR count). The molecule has 0 spiro atoms. The van der Waals surface area contributed by atoms with E-state index in [9.17, 15) is 9.59 Å². The van der Waals surface area contributed by atoms with Crippen LogP contribution in [0.25, 0.3) is 34.1 Å². The molecule has 0 unspecified atom stereocenters. The smallest absolute Gasteiger partial charge is 0.350 e. The third-order valence-electron chi connectivity index (χ3n) is 8.10. The first-order valence-corrected chi connectivity index (χ1v) is 15.2. The number of aromatic nitrogens is 4. The molecular formula is C33H32B2ClFN6O2. The van der Waals surface area contributed by atoms with E-state index in [0.29, 0.717) is 54.2 Å². The monoisotopic (exact) mass is 620 g/mol. The van der Waals surface area contributed by atoms with Gasteiger partial charge in [-0.1, -0.05) is 57.2 Å². The van der Waals surface area contributed by atoms with Gasteiger partial charge in [0.25, 0.3) is 0 Å². The Labute approximate surface area is 269 Å². The average molecular weight is 621 g/mol. The number of piperazine rings is 1. The summed E-state index contributed by atoms with van der Waals surface area (Å²) in [4.78, 5) is 44.7. The van der Waals surface area contributed by atoms with Crippen molar-refractivity contribution in [1.82, 2.24) is 24.4 Å². The summed E-state index contributed by atoms with van der Waals surface area (Å²) in [5.74, 6) is 0.530. The van der Waals surface area contributed by atoms with Crippen molar-refractivity contribution in [1.29, 1.82) is 0 Å². The molecule has 4 aromatic rings. The van der Waals surface area contributed by atoms with Crippen molar-refractivity contribution in [2.24, 2.45) is 0 Å². The fraction of sp³-hybridized carbons (Fsp3) is 0.303. The van der Waals surface area contributed by atoms with Crippen LogP contribution in [-0.2, 0) is 11.2 Å². The molecule has 8 nitrogen and oxygen atoms in total. The van der Waals surface area contributed by atoms with Crippen LogP contribution in [0.15, 0.2) is 59.3 Å².